The number of aryl methyl sites for hydroxylation is 1. The number of hydrogen-bond acceptors (Lipinski definition) is 2. The van der Waals surface area contributed by atoms with Gasteiger partial charge in [-0.2, -0.15) is 0 Å². The number of rotatable bonds is 1. The van der Waals surface area contributed by atoms with Crippen LogP contribution in [-0.4, -0.2) is 15.5 Å². The van der Waals surface area contributed by atoms with Crippen molar-refractivity contribution < 1.29 is 4.79 Å². The van der Waals surface area contributed by atoms with Crippen LogP contribution < -0.4 is 0 Å². The van der Waals surface area contributed by atoms with Gasteiger partial charge in [0, 0.05) is 13.3 Å². The molecule has 1 heterocycles. The third-order valence-corrected chi connectivity index (χ3v) is 1.59. The molecule has 0 saturated carbocycles. The van der Waals surface area contributed by atoms with Gasteiger partial charge in [-0.05, 0) is 0 Å². The molecule has 0 fully saturated rings. The fraction of sp³-hybridized carbons (Fsp3) is 0.429. The van der Waals surface area contributed by atoms with Gasteiger partial charge >= 0.3 is 0 Å². The molecule has 0 atom stereocenters. The van der Waals surface area contributed by atoms with E-state index in [1.54, 1.807) is 0 Å². The standard InChI is InChI=1S/C7H9ClN2O/c1-3-7-9-6(8)4-10(7)5(2)11/h4H,3H2,1-2H3. The van der Waals surface area contributed by atoms with E-state index in [4.69, 9.17) is 11.6 Å². The fourth-order valence-electron chi connectivity index (χ4n) is 0.909. The molecule has 11 heavy (non-hydrogen) atoms. The molecule has 0 aliphatic rings. The molecule has 0 unspecified atom stereocenters. The summed E-state index contributed by atoms with van der Waals surface area (Å²) in [6, 6.07) is 0. The lowest BCUT2D eigenvalue weighted by atomic mass is 10.4. The van der Waals surface area contributed by atoms with E-state index in [1.807, 2.05) is 6.92 Å². The van der Waals surface area contributed by atoms with E-state index in [2.05, 4.69) is 4.98 Å². The molecule has 0 bridgehead atoms. The summed E-state index contributed by atoms with van der Waals surface area (Å²) in [6.45, 7) is 3.41. The average Bonchev–Trinajstić information content (AvgIpc) is 2.30. The third kappa shape index (κ3) is 1.60. The van der Waals surface area contributed by atoms with Gasteiger partial charge in [0.05, 0.1) is 6.20 Å². The minimum Gasteiger partial charge on any atom is -0.274 e. The zero-order valence-corrected chi connectivity index (χ0v) is 7.22. The van der Waals surface area contributed by atoms with E-state index in [9.17, 15) is 4.79 Å². The Morgan fingerprint density at radius 3 is 2.82 bits per heavy atom. The summed E-state index contributed by atoms with van der Waals surface area (Å²) < 4.78 is 1.46. The predicted octanol–water partition coefficient (Wildman–Crippen LogP) is 1.76. The Labute approximate surface area is 70.0 Å². The summed E-state index contributed by atoms with van der Waals surface area (Å²) in [4.78, 5) is 14.9. The van der Waals surface area contributed by atoms with Crippen molar-refractivity contribution in [2.75, 3.05) is 0 Å². The van der Waals surface area contributed by atoms with Crippen molar-refractivity contribution >= 4 is 17.5 Å². The predicted molar refractivity (Wildman–Crippen MR) is 42.9 cm³/mol. The third-order valence-electron chi connectivity index (χ3n) is 1.41. The van der Waals surface area contributed by atoms with E-state index < -0.39 is 0 Å². The number of hydrogen-bond donors (Lipinski definition) is 0. The Kier molecular flexibility index (Phi) is 2.29. The van der Waals surface area contributed by atoms with E-state index in [-0.39, 0.29) is 5.91 Å². The molecule has 1 aromatic rings. The SMILES string of the molecule is CCc1nc(Cl)cn1C(C)=O. The first-order valence-electron chi connectivity index (χ1n) is 3.40. The maximum absolute atomic E-state index is 10.9. The van der Waals surface area contributed by atoms with Crippen LogP contribution in [0, 0.1) is 0 Å². The first-order valence-corrected chi connectivity index (χ1v) is 3.77. The minimum absolute atomic E-state index is 0.0544. The maximum atomic E-state index is 10.9. The summed E-state index contributed by atoms with van der Waals surface area (Å²) in [7, 11) is 0. The summed E-state index contributed by atoms with van der Waals surface area (Å²) in [5, 5.41) is 0.372. The maximum Gasteiger partial charge on any atom is 0.228 e. The number of carbonyl (C=O) groups is 1. The van der Waals surface area contributed by atoms with Crippen LogP contribution in [0.5, 0.6) is 0 Å². The molecule has 1 rings (SSSR count). The quantitative estimate of drug-likeness (QED) is 0.647. The highest BCUT2D eigenvalue weighted by Crippen LogP contribution is 2.08. The van der Waals surface area contributed by atoms with Crippen LogP contribution in [0.25, 0.3) is 0 Å². The molecule has 0 N–H and O–H groups in total. The molecular weight excluding hydrogens is 164 g/mol. The molecular formula is C7H9ClN2O. The summed E-state index contributed by atoms with van der Waals surface area (Å²) >= 11 is 5.60. The molecule has 0 saturated heterocycles. The van der Waals surface area contributed by atoms with Gasteiger partial charge in [0.2, 0.25) is 5.91 Å². The van der Waals surface area contributed by atoms with Crippen molar-refractivity contribution in [3.8, 4) is 0 Å². The zero-order chi connectivity index (χ0) is 8.43. The van der Waals surface area contributed by atoms with Crippen LogP contribution in [-0.2, 0) is 6.42 Å². The van der Waals surface area contributed by atoms with Crippen LogP contribution >= 0.6 is 11.6 Å². The van der Waals surface area contributed by atoms with Gasteiger partial charge in [-0.15, -0.1) is 0 Å². The Hall–Kier alpha value is -0.830. The summed E-state index contributed by atoms with van der Waals surface area (Å²) in [5.41, 5.74) is 0. The highest BCUT2D eigenvalue weighted by atomic mass is 35.5. The number of carbonyl (C=O) groups excluding carboxylic acids is 1. The van der Waals surface area contributed by atoms with Crippen LogP contribution in [0.4, 0.5) is 0 Å². The molecule has 0 radical (unpaired) electrons. The first kappa shape index (κ1) is 8.27. The topological polar surface area (TPSA) is 34.9 Å². The Bertz CT molecular complexity index is 280. The van der Waals surface area contributed by atoms with Crippen molar-refractivity contribution in [3.05, 3.63) is 17.2 Å². The minimum atomic E-state index is -0.0544. The van der Waals surface area contributed by atoms with E-state index >= 15 is 0 Å². The van der Waals surface area contributed by atoms with Crippen molar-refractivity contribution in [2.24, 2.45) is 0 Å². The summed E-state index contributed by atoms with van der Waals surface area (Å²) in [6.07, 6.45) is 2.25. The second-order valence-electron chi connectivity index (χ2n) is 2.22. The Morgan fingerprint density at radius 1 is 1.82 bits per heavy atom. The van der Waals surface area contributed by atoms with Gasteiger partial charge in [-0.3, -0.25) is 9.36 Å². The normalized spacial score (nSPS) is 10.1. The molecule has 1 aromatic heterocycles. The molecule has 3 nitrogen and oxygen atoms in total. The number of imidazole rings is 1. The van der Waals surface area contributed by atoms with Crippen LogP contribution in [0.1, 0.15) is 24.5 Å². The fourth-order valence-corrected chi connectivity index (χ4v) is 1.10. The van der Waals surface area contributed by atoms with Crippen molar-refractivity contribution in [3.63, 3.8) is 0 Å². The van der Waals surface area contributed by atoms with Crippen LogP contribution in [0.2, 0.25) is 5.15 Å². The first-order chi connectivity index (χ1) is 5.15. The van der Waals surface area contributed by atoms with Gasteiger partial charge in [0.15, 0.2) is 0 Å². The second kappa shape index (κ2) is 3.05. The van der Waals surface area contributed by atoms with Gasteiger partial charge in [0.1, 0.15) is 11.0 Å². The second-order valence-corrected chi connectivity index (χ2v) is 2.61. The van der Waals surface area contributed by atoms with Crippen LogP contribution in [0.15, 0.2) is 6.20 Å². The lowest BCUT2D eigenvalue weighted by molar-refractivity contribution is 0.0933. The van der Waals surface area contributed by atoms with Gasteiger partial charge in [0.25, 0.3) is 0 Å². The average molecular weight is 173 g/mol. The molecule has 4 heteroatoms. The van der Waals surface area contributed by atoms with E-state index in [0.29, 0.717) is 17.4 Å². The number of aromatic nitrogens is 2. The smallest absolute Gasteiger partial charge is 0.228 e. The van der Waals surface area contributed by atoms with Crippen molar-refractivity contribution in [1.29, 1.82) is 0 Å². The Morgan fingerprint density at radius 2 is 2.45 bits per heavy atom. The molecule has 0 spiro atoms. The van der Waals surface area contributed by atoms with E-state index in [0.717, 1.165) is 0 Å². The highest BCUT2D eigenvalue weighted by molar-refractivity contribution is 6.29. The van der Waals surface area contributed by atoms with Gasteiger partial charge in [-0.1, -0.05) is 18.5 Å². The summed E-state index contributed by atoms with van der Waals surface area (Å²) in [5.74, 6) is 0.656. The van der Waals surface area contributed by atoms with Gasteiger partial charge < -0.3 is 0 Å². The highest BCUT2D eigenvalue weighted by Gasteiger charge is 2.06. The van der Waals surface area contributed by atoms with Crippen LogP contribution in [0.3, 0.4) is 0 Å². The van der Waals surface area contributed by atoms with Crippen molar-refractivity contribution in [1.82, 2.24) is 9.55 Å². The van der Waals surface area contributed by atoms with Crippen molar-refractivity contribution in [2.45, 2.75) is 20.3 Å². The Balaban J connectivity index is 3.12. The molecule has 60 valence electrons. The molecule has 0 amide bonds. The lowest BCUT2D eigenvalue weighted by Crippen LogP contribution is -2.07. The zero-order valence-electron chi connectivity index (χ0n) is 6.47. The number of halogens is 1. The molecule has 0 aromatic carbocycles. The van der Waals surface area contributed by atoms with Gasteiger partial charge in [-0.25, -0.2) is 4.98 Å². The lowest BCUT2D eigenvalue weighted by Gasteiger charge is -1.97. The molecule has 0 aliphatic carbocycles. The van der Waals surface area contributed by atoms with E-state index in [1.165, 1.54) is 17.7 Å². The number of nitrogens with zero attached hydrogens (tertiary/aromatic N) is 2. The monoisotopic (exact) mass is 172 g/mol. The molecule has 0 aliphatic heterocycles. The largest absolute Gasteiger partial charge is 0.274 e.